The number of nitrogens with one attached hydrogen (secondary N) is 1. The van der Waals surface area contributed by atoms with Crippen LogP contribution in [0.3, 0.4) is 0 Å². The van der Waals surface area contributed by atoms with E-state index in [4.69, 9.17) is 5.73 Å². The predicted octanol–water partition coefficient (Wildman–Crippen LogP) is 1.67. The van der Waals surface area contributed by atoms with Crippen LogP contribution in [0.25, 0.3) is 0 Å². The van der Waals surface area contributed by atoms with Gasteiger partial charge in [-0.05, 0) is 39.0 Å². The Balaban J connectivity index is 2.29. The van der Waals surface area contributed by atoms with Gasteiger partial charge in [0.2, 0.25) is 5.91 Å². The molecule has 3 nitrogen and oxygen atoms in total. The van der Waals surface area contributed by atoms with Crippen molar-refractivity contribution in [1.29, 1.82) is 0 Å². The molecule has 2 atom stereocenters. The lowest BCUT2D eigenvalue weighted by atomic mass is 9.92. The van der Waals surface area contributed by atoms with Gasteiger partial charge < -0.3 is 11.1 Å². The summed E-state index contributed by atoms with van der Waals surface area (Å²) in [7, 11) is 0. The third-order valence-electron chi connectivity index (χ3n) is 3.62. The Labute approximate surface area is 92.8 Å². The van der Waals surface area contributed by atoms with Gasteiger partial charge in [0.15, 0.2) is 0 Å². The molecule has 1 aliphatic carbocycles. The van der Waals surface area contributed by atoms with Gasteiger partial charge >= 0.3 is 0 Å². The van der Waals surface area contributed by atoms with E-state index < -0.39 is 5.41 Å². The molecule has 88 valence electrons. The minimum atomic E-state index is -0.426. The van der Waals surface area contributed by atoms with E-state index in [0.29, 0.717) is 12.6 Å². The van der Waals surface area contributed by atoms with Crippen LogP contribution in [0.4, 0.5) is 0 Å². The lowest BCUT2D eigenvalue weighted by Gasteiger charge is -2.23. The Bertz CT molecular complexity index is 226. The first kappa shape index (κ1) is 12.5. The van der Waals surface area contributed by atoms with Crippen molar-refractivity contribution in [2.75, 3.05) is 6.54 Å². The number of carbonyl (C=O) groups is 1. The molecule has 2 unspecified atom stereocenters. The summed E-state index contributed by atoms with van der Waals surface area (Å²) in [5.41, 5.74) is 4.90. The highest BCUT2D eigenvalue weighted by molar-refractivity contribution is 5.80. The molecule has 0 aromatic heterocycles. The van der Waals surface area contributed by atoms with Crippen molar-refractivity contribution in [2.24, 2.45) is 17.1 Å². The Morgan fingerprint density at radius 1 is 1.47 bits per heavy atom. The maximum Gasteiger partial charge on any atom is 0.224 e. The molecule has 0 aromatic carbocycles. The number of hydrogen-bond acceptors (Lipinski definition) is 2. The second-order valence-electron chi connectivity index (χ2n) is 5.41. The Hall–Kier alpha value is -0.570. The zero-order chi connectivity index (χ0) is 11.5. The van der Waals surface area contributed by atoms with Crippen LogP contribution in [0.2, 0.25) is 0 Å². The van der Waals surface area contributed by atoms with Crippen LogP contribution < -0.4 is 11.1 Å². The predicted molar refractivity (Wildman–Crippen MR) is 62.4 cm³/mol. The van der Waals surface area contributed by atoms with Crippen molar-refractivity contribution in [3.8, 4) is 0 Å². The largest absolute Gasteiger partial charge is 0.369 e. The summed E-state index contributed by atoms with van der Waals surface area (Å²) in [4.78, 5) is 11.1. The first-order chi connectivity index (χ1) is 6.95. The van der Waals surface area contributed by atoms with E-state index in [1.807, 2.05) is 13.8 Å². The molecular formula is C12H24N2O. The normalized spacial score (nSPS) is 26.9. The van der Waals surface area contributed by atoms with Crippen LogP contribution in [0, 0.1) is 11.3 Å². The standard InChI is InChI=1S/C12H24N2O/c1-4-9-5-6-10(7-9)14-8-12(2,3)11(13)15/h9-10,14H,4-8H2,1-3H3,(H2,13,15). The van der Waals surface area contributed by atoms with Crippen LogP contribution >= 0.6 is 0 Å². The fourth-order valence-electron chi connectivity index (χ4n) is 2.12. The maximum atomic E-state index is 11.1. The summed E-state index contributed by atoms with van der Waals surface area (Å²) in [6, 6.07) is 0.591. The molecule has 0 heterocycles. The zero-order valence-electron chi connectivity index (χ0n) is 10.2. The van der Waals surface area contributed by atoms with E-state index in [9.17, 15) is 4.79 Å². The van der Waals surface area contributed by atoms with Crippen molar-refractivity contribution in [3.63, 3.8) is 0 Å². The van der Waals surface area contributed by atoms with Crippen molar-refractivity contribution in [2.45, 2.75) is 52.5 Å². The van der Waals surface area contributed by atoms with Crippen LogP contribution in [-0.4, -0.2) is 18.5 Å². The molecule has 15 heavy (non-hydrogen) atoms. The zero-order valence-corrected chi connectivity index (χ0v) is 10.2. The van der Waals surface area contributed by atoms with Crippen LogP contribution in [0.5, 0.6) is 0 Å². The van der Waals surface area contributed by atoms with Gasteiger partial charge in [0, 0.05) is 12.6 Å². The van der Waals surface area contributed by atoms with Gasteiger partial charge in [0.1, 0.15) is 0 Å². The highest BCUT2D eigenvalue weighted by Crippen LogP contribution is 2.28. The highest BCUT2D eigenvalue weighted by Gasteiger charge is 2.28. The highest BCUT2D eigenvalue weighted by atomic mass is 16.1. The molecule has 1 fully saturated rings. The summed E-state index contributed by atoms with van der Waals surface area (Å²) < 4.78 is 0. The molecule has 1 amide bonds. The molecule has 3 N–H and O–H groups in total. The van der Waals surface area contributed by atoms with Crippen molar-refractivity contribution in [1.82, 2.24) is 5.32 Å². The maximum absolute atomic E-state index is 11.1. The molecule has 3 heteroatoms. The second-order valence-corrected chi connectivity index (χ2v) is 5.41. The molecule has 0 bridgehead atoms. The third-order valence-corrected chi connectivity index (χ3v) is 3.62. The summed E-state index contributed by atoms with van der Waals surface area (Å²) in [6.07, 6.45) is 5.10. The molecule has 0 saturated heterocycles. The summed E-state index contributed by atoms with van der Waals surface area (Å²) in [6.45, 7) is 6.74. The second kappa shape index (κ2) is 4.97. The lowest BCUT2D eigenvalue weighted by Crippen LogP contribution is -2.43. The average Bonchev–Trinajstić information content (AvgIpc) is 2.62. The first-order valence-corrected chi connectivity index (χ1v) is 5.99. The molecule has 0 aliphatic heterocycles. The van der Waals surface area contributed by atoms with Crippen LogP contribution in [-0.2, 0) is 4.79 Å². The van der Waals surface area contributed by atoms with E-state index in [-0.39, 0.29) is 5.91 Å². The Kier molecular flexibility index (Phi) is 4.14. The fraction of sp³-hybridized carbons (Fsp3) is 0.917. The van der Waals surface area contributed by atoms with Crippen LogP contribution in [0.15, 0.2) is 0 Å². The number of carbonyl (C=O) groups excluding carboxylic acids is 1. The fourth-order valence-corrected chi connectivity index (χ4v) is 2.12. The summed E-state index contributed by atoms with van der Waals surface area (Å²) >= 11 is 0. The van der Waals surface area contributed by atoms with Gasteiger partial charge in [-0.1, -0.05) is 13.3 Å². The number of hydrogen-bond donors (Lipinski definition) is 2. The van der Waals surface area contributed by atoms with Gasteiger partial charge in [-0.15, -0.1) is 0 Å². The third kappa shape index (κ3) is 3.49. The van der Waals surface area contributed by atoms with E-state index in [2.05, 4.69) is 12.2 Å². The first-order valence-electron chi connectivity index (χ1n) is 5.99. The number of primary amides is 1. The topological polar surface area (TPSA) is 55.1 Å². The Morgan fingerprint density at radius 3 is 2.60 bits per heavy atom. The van der Waals surface area contributed by atoms with Crippen molar-refractivity contribution < 1.29 is 4.79 Å². The van der Waals surface area contributed by atoms with Crippen molar-refractivity contribution >= 4 is 5.91 Å². The van der Waals surface area contributed by atoms with Gasteiger partial charge in [0.25, 0.3) is 0 Å². The molecule has 1 saturated carbocycles. The van der Waals surface area contributed by atoms with E-state index in [1.165, 1.54) is 25.7 Å². The van der Waals surface area contributed by atoms with Crippen molar-refractivity contribution in [3.05, 3.63) is 0 Å². The average molecular weight is 212 g/mol. The van der Waals surface area contributed by atoms with Gasteiger partial charge in [-0.25, -0.2) is 0 Å². The number of rotatable bonds is 5. The minimum Gasteiger partial charge on any atom is -0.369 e. The lowest BCUT2D eigenvalue weighted by molar-refractivity contribution is -0.125. The molecule has 0 aromatic rings. The molecule has 1 rings (SSSR count). The number of nitrogens with two attached hydrogens (primary N) is 1. The van der Waals surface area contributed by atoms with Gasteiger partial charge in [-0.2, -0.15) is 0 Å². The Morgan fingerprint density at radius 2 is 2.13 bits per heavy atom. The van der Waals surface area contributed by atoms with Gasteiger partial charge in [0.05, 0.1) is 5.41 Å². The monoisotopic (exact) mass is 212 g/mol. The molecule has 0 spiro atoms. The quantitative estimate of drug-likeness (QED) is 0.728. The van der Waals surface area contributed by atoms with E-state index in [1.54, 1.807) is 0 Å². The van der Waals surface area contributed by atoms with Crippen LogP contribution in [0.1, 0.15) is 46.5 Å². The molecular weight excluding hydrogens is 188 g/mol. The van der Waals surface area contributed by atoms with E-state index >= 15 is 0 Å². The molecule has 0 radical (unpaired) electrons. The molecule has 1 aliphatic rings. The van der Waals surface area contributed by atoms with E-state index in [0.717, 1.165) is 5.92 Å². The van der Waals surface area contributed by atoms with Gasteiger partial charge in [-0.3, -0.25) is 4.79 Å². The smallest absolute Gasteiger partial charge is 0.224 e. The summed E-state index contributed by atoms with van der Waals surface area (Å²) in [5, 5.41) is 3.47. The SMILES string of the molecule is CCC1CCC(NCC(C)(C)C(N)=O)C1. The minimum absolute atomic E-state index is 0.222. The number of amides is 1. The summed E-state index contributed by atoms with van der Waals surface area (Å²) in [5.74, 6) is 0.652.